The number of hydrogen-bond acceptors (Lipinski definition) is 5. The highest BCUT2D eigenvalue weighted by Crippen LogP contribution is 2.32. The summed E-state index contributed by atoms with van der Waals surface area (Å²) in [6.45, 7) is 3.81. The number of halogens is 1. The minimum absolute atomic E-state index is 0.451. The molecule has 1 saturated heterocycles. The van der Waals surface area contributed by atoms with Crippen LogP contribution in [0, 0.1) is 6.92 Å². The smallest absolute Gasteiger partial charge is 0.143 e. The van der Waals surface area contributed by atoms with Crippen molar-refractivity contribution in [3.05, 3.63) is 34.7 Å². The first-order valence-corrected chi connectivity index (χ1v) is 7.29. The van der Waals surface area contributed by atoms with Gasteiger partial charge in [-0.1, -0.05) is 5.21 Å². The van der Waals surface area contributed by atoms with Gasteiger partial charge in [0.15, 0.2) is 0 Å². The van der Waals surface area contributed by atoms with Crippen LogP contribution in [0.5, 0.6) is 0 Å². The predicted octanol–water partition coefficient (Wildman–Crippen LogP) is 1.39. The van der Waals surface area contributed by atoms with E-state index in [-0.39, 0.29) is 0 Å². The van der Waals surface area contributed by atoms with Gasteiger partial charge in [0.05, 0.1) is 23.8 Å². The SMILES string of the molecule is Cc1ccnc(N2CCC(O)(Cn3ccnn3)C2)c1Br. The lowest BCUT2D eigenvalue weighted by Crippen LogP contribution is -2.38. The molecule has 0 amide bonds. The van der Waals surface area contributed by atoms with Crippen molar-refractivity contribution in [2.75, 3.05) is 18.0 Å². The van der Waals surface area contributed by atoms with Crippen LogP contribution in [0.1, 0.15) is 12.0 Å². The van der Waals surface area contributed by atoms with Crippen molar-refractivity contribution in [3.63, 3.8) is 0 Å². The van der Waals surface area contributed by atoms with Gasteiger partial charge in [0.25, 0.3) is 0 Å². The van der Waals surface area contributed by atoms with E-state index in [9.17, 15) is 5.11 Å². The summed E-state index contributed by atoms with van der Waals surface area (Å²) in [6.07, 6.45) is 5.87. The van der Waals surface area contributed by atoms with Crippen molar-refractivity contribution in [1.29, 1.82) is 0 Å². The zero-order chi connectivity index (χ0) is 14.2. The summed E-state index contributed by atoms with van der Waals surface area (Å²) in [6, 6.07) is 1.96. The molecule has 1 aliphatic heterocycles. The predicted molar refractivity (Wildman–Crippen MR) is 78.5 cm³/mol. The zero-order valence-corrected chi connectivity index (χ0v) is 12.8. The molecule has 0 aromatic carbocycles. The lowest BCUT2D eigenvalue weighted by molar-refractivity contribution is 0.0408. The van der Waals surface area contributed by atoms with Crippen LogP contribution in [0.2, 0.25) is 0 Å². The number of pyridine rings is 1. The quantitative estimate of drug-likeness (QED) is 0.916. The Balaban J connectivity index is 1.77. The fourth-order valence-electron chi connectivity index (χ4n) is 2.53. The van der Waals surface area contributed by atoms with Gasteiger partial charge in [-0.25, -0.2) is 9.67 Å². The van der Waals surface area contributed by atoms with E-state index >= 15 is 0 Å². The van der Waals surface area contributed by atoms with E-state index in [0.717, 1.165) is 22.4 Å². The summed E-state index contributed by atoms with van der Waals surface area (Å²) in [4.78, 5) is 6.52. The highest BCUT2D eigenvalue weighted by Gasteiger charge is 2.38. The van der Waals surface area contributed by atoms with Crippen LogP contribution in [0.3, 0.4) is 0 Å². The average molecular weight is 338 g/mol. The number of rotatable bonds is 3. The molecule has 1 aliphatic rings. The second kappa shape index (κ2) is 5.14. The van der Waals surface area contributed by atoms with E-state index in [1.54, 1.807) is 23.3 Å². The van der Waals surface area contributed by atoms with Crippen LogP contribution >= 0.6 is 15.9 Å². The molecule has 0 aliphatic carbocycles. The van der Waals surface area contributed by atoms with Crippen molar-refractivity contribution < 1.29 is 5.11 Å². The molecular weight excluding hydrogens is 322 g/mol. The summed E-state index contributed by atoms with van der Waals surface area (Å²) in [5.74, 6) is 0.888. The highest BCUT2D eigenvalue weighted by molar-refractivity contribution is 9.10. The molecule has 2 aromatic rings. The van der Waals surface area contributed by atoms with Gasteiger partial charge in [0.2, 0.25) is 0 Å². The Bertz CT molecular complexity index is 603. The van der Waals surface area contributed by atoms with Gasteiger partial charge in [-0.3, -0.25) is 0 Å². The number of β-amino-alcohol motifs (C(OH)–C–C–N with tert-alkyl or cyclic N) is 1. The average Bonchev–Trinajstić information content (AvgIpc) is 3.03. The van der Waals surface area contributed by atoms with E-state index in [0.29, 0.717) is 19.5 Å². The second-order valence-electron chi connectivity index (χ2n) is 5.26. The van der Waals surface area contributed by atoms with Gasteiger partial charge < -0.3 is 10.0 Å². The molecule has 3 rings (SSSR count). The minimum Gasteiger partial charge on any atom is -0.386 e. The molecule has 0 bridgehead atoms. The molecular formula is C13H16BrN5O. The Hall–Kier alpha value is -1.47. The molecule has 1 fully saturated rings. The molecule has 6 nitrogen and oxygen atoms in total. The molecule has 20 heavy (non-hydrogen) atoms. The molecule has 3 heterocycles. The maximum atomic E-state index is 10.7. The lowest BCUT2D eigenvalue weighted by atomic mass is 10.0. The zero-order valence-electron chi connectivity index (χ0n) is 11.2. The first-order chi connectivity index (χ1) is 9.57. The Morgan fingerprint density at radius 1 is 1.45 bits per heavy atom. The Morgan fingerprint density at radius 2 is 2.30 bits per heavy atom. The van der Waals surface area contributed by atoms with E-state index in [1.807, 2.05) is 13.0 Å². The molecule has 106 valence electrons. The number of nitrogens with zero attached hydrogens (tertiary/aromatic N) is 5. The van der Waals surface area contributed by atoms with Crippen molar-refractivity contribution >= 4 is 21.7 Å². The van der Waals surface area contributed by atoms with Crippen molar-refractivity contribution in [2.24, 2.45) is 0 Å². The molecule has 2 aromatic heterocycles. The highest BCUT2D eigenvalue weighted by atomic mass is 79.9. The lowest BCUT2D eigenvalue weighted by Gasteiger charge is -2.24. The maximum Gasteiger partial charge on any atom is 0.143 e. The van der Waals surface area contributed by atoms with Crippen LogP contribution in [0.25, 0.3) is 0 Å². The van der Waals surface area contributed by atoms with Crippen LogP contribution in [-0.2, 0) is 6.54 Å². The van der Waals surface area contributed by atoms with E-state index in [1.165, 1.54) is 0 Å². The van der Waals surface area contributed by atoms with Crippen molar-refractivity contribution in [1.82, 2.24) is 20.0 Å². The monoisotopic (exact) mass is 337 g/mol. The molecule has 1 atom stereocenters. The summed E-state index contributed by atoms with van der Waals surface area (Å²) >= 11 is 3.58. The summed E-state index contributed by atoms with van der Waals surface area (Å²) in [5, 5.41) is 18.4. The summed E-state index contributed by atoms with van der Waals surface area (Å²) in [5.41, 5.74) is 0.347. The standard InChI is InChI=1S/C13H16BrN5O/c1-10-2-4-15-12(11(10)14)18-6-3-13(20,8-18)9-19-7-5-16-17-19/h2,4-5,7,20H,3,6,8-9H2,1H3. The fourth-order valence-corrected chi connectivity index (χ4v) is 3.02. The summed E-state index contributed by atoms with van der Waals surface area (Å²) < 4.78 is 2.66. The molecule has 1 unspecified atom stereocenters. The minimum atomic E-state index is -0.793. The van der Waals surface area contributed by atoms with E-state index in [2.05, 4.69) is 36.1 Å². The Morgan fingerprint density at radius 3 is 3.05 bits per heavy atom. The molecule has 0 saturated carbocycles. The second-order valence-corrected chi connectivity index (χ2v) is 6.05. The van der Waals surface area contributed by atoms with Crippen LogP contribution < -0.4 is 4.90 Å². The molecule has 0 radical (unpaired) electrons. The third-order valence-corrected chi connectivity index (χ3v) is 4.60. The topological polar surface area (TPSA) is 67.1 Å². The first kappa shape index (κ1) is 13.5. The molecule has 7 heteroatoms. The van der Waals surface area contributed by atoms with Crippen molar-refractivity contribution in [3.8, 4) is 0 Å². The number of aromatic nitrogens is 4. The van der Waals surface area contributed by atoms with Gasteiger partial charge in [0.1, 0.15) is 11.4 Å². The molecule has 0 spiro atoms. The fraction of sp³-hybridized carbons (Fsp3) is 0.462. The largest absolute Gasteiger partial charge is 0.386 e. The normalized spacial score (nSPS) is 22.4. The number of aryl methyl sites for hydroxylation is 1. The first-order valence-electron chi connectivity index (χ1n) is 6.50. The maximum absolute atomic E-state index is 10.7. The third-order valence-electron chi connectivity index (χ3n) is 3.62. The van der Waals surface area contributed by atoms with E-state index in [4.69, 9.17) is 0 Å². The third kappa shape index (κ3) is 2.55. The number of hydrogen-bond donors (Lipinski definition) is 1. The van der Waals surface area contributed by atoms with Crippen LogP contribution in [0.4, 0.5) is 5.82 Å². The van der Waals surface area contributed by atoms with Gasteiger partial charge in [-0.05, 0) is 40.9 Å². The van der Waals surface area contributed by atoms with Gasteiger partial charge in [0, 0.05) is 18.9 Å². The molecule has 1 N–H and O–H groups in total. The number of anilines is 1. The van der Waals surface area contributed by atoms with Crippen LogP contribution in [0.15, 0.2) is 29.1 Å². The Labute approximate surface area is 125 Å². The van der Waals surface area contributed by atoms with Gasteiger partial charge in [-0.2, -0.15) is 0 Å². The van der Waals surface area contributed by atoms with Gasteiger partial charge in [-0.15, -0.1) is 5.10 Å². The van der Waals surface area contributed by atoms with Crippen molar-refractivity contribution in [2.45, 2.75) is 25.5 Å². The number of aliphatic hydroxyl groups is 1. The van der Waals surface area contributed by atoms with Crippen LogP contribution in [-0.4, -0.2) is 43.8 Å². The summed E-state index contributed by atoms with van der Waals surface area (Å²) in [7, 11) is 0. The Kier molecular flexibility index (Phi) is 3.47. The van der Waals surface area contributed by atoms with Gasteiger partial charge >= 0.3 is 0 Å². The van der Waals surface area contributed by atoms with E-state index < -0.39 is 5.60 Å².